The first-order chi connectivity index (χ1) is 15.6. The molecule has 3 heterocycles. The molecule has 2 atom stereocenters. The molecular formula is C27H29ClN2O2. The molecule has 5 rings (SSSR count). The highest BCUT2D eigenvalue weighted by atomic mass is 35.5. The quantitative estimate of drug-likeness (QED) is 0.486. The van der Waals surface area contributed by atoms with Crippen LogP contribution in [0.15, 0.2) is 54.7 Å². The molecule has 32 heavy (non-hydrogen) atoms. The van der Waals surface area contributed by atoms with Gasteiger partial charge in [-0.15, -0.1) is 0 Å². The largest absolute Gasteiger partial charge is 0.368 e. The van der Waals surface area contributed by atoms with Gasteiger partial charge in [0.05, 0.1) is 10.5 Å². The minimum Gasteiger partial charge on any atom is -0.368 e. The number of pyridine rings is 1. The fourth-order valence-corrected chi connectivity index (χ4v) is 5.46. The molecule has 2 unspecified atom stereocenters. The van der Waals surface area contributed by atoms with Gasteiger partial charge in [-0.3, -0.25) is 9.78 Å². The molecule has 2 aliphatic rings. The van der Waals surface area contributed by atoms with Gasteiger partial charge in [0, 0.05) is 36.8 Å². The monoisotopic (exact) mass is 448 g/mol. The average molecular weight is 449 g/mol. The highest BCUT2D eigenvalue weighted by molar-refractivity contribution is 6.38. The third kappa shape index (κ3) is 4.14. The summed E-state index contributed by atoms with van der Waals surface area (Å²) in [5.41, 5.74) is 4.30. The summed E-state index contributed by atoms with van der Waals surface area (Å²) in [5.74, 6) is 1.23. The van der Waals surface area contributed by atoms with E-state index in [4.69, 9.17) is 16.3 Å². The van der Waals surface area contributed by atoms with Crippen molar-refractivity contribution in [1.82, 2.24) is 9.88 Å². The minimum absolute atomic E-state index is 0.193. The van der Waals surface area contributed by atoms with E-state index in [9.17, 15) is 4.79 Å². The Labute approximate surface area is 194 Å². The van der Waals surface area contributed by atoms with Gasteiger partial charge in [0.25, 0.3) is 5.91 Å². The summed E-state index contributed by atoms with van der Waals surface area (Å²) in [7, 11) is 0. The normalized spacial score (nSPS) is 20.6. The summed E-state index contributed by atoms with van der Waals surface area (Å²) >= 11 is 6.71. The van der Waals surface area contributed by atoms with E-state index in [1.165, 1.54) is 5.56 Å². The Morgan fingerprint density at radius 3 is 2.56 bits per heavy atom. The van der Waals surface area contributed by atoms with Crippen LogP contribution in [0.5, 0.6) is 0 Å². The number of benzene rings is 2. The molecule has 1 aromatic heterocycles. The summed E-state index contributed by atoms with van der Waals surface area (Å²) in [6.07, 6.45) is 5.62. The first-order valence-electron chi connectivity index (χ1n) is 11.7. The fraction of sp³-hybridized carbons (Fsp3) is 0.407. The van der Waals surface area contributed by atoms with Crippen LogP contribution in [0.3, 0.4) is 0 Å². The van der Waals surface area contributed by atoms with Crippen molar-refractivity contribution in [1.29, 1.82) is 0 Å². The predicted octanol–water partition coefficient (Wildman–Crippen LogP) is 6.08. The van der Waals surface area contributed by atoms with Crippen LogP contribution >= 0.6 is 11.6 Å². The second-order valence-corrected chi connectivity index (χ2v) is 9.46. The summed E-state index contributed by atoms with van der Waals surface area (Å²) < 4.78 is 5.59. The van der Waals surface area contributed by atoms with Crippen LogP contribution in [-0.4, -0.2) is 41.6 Å². The molecule has 0 radical (unpaired) electrons. The molecule has 1 amide bonds. The Bertz CT molecular complexity index is 1100. The third-order valence-corrected chi connectivity index (χ3v) is 7.63. The number of nitrogens with zero attached hydrogens (tertiary/aromatic N) is 2. The number of fused-ring (bicyclic) bond motifs is 1. The number of carbonyl (C=O) groups is 1. The van der Waals surface area contributed by atoms with Crippen molar-refractivity contribution in [2.24, 2.45) is 5.92 Å². The van der Waals surface area contributed by atoms with Crippen LogP contribution in [0.1, 0.15) is 44.1 Å². The van der Waals surface area contributed by atoms with Gasteiger partial charge in [-0.05, 0) is 54.7 Å². The smallest absolute Gasteiger partial charge is 0.251 e. The lowest BCUT2D eigenvalue weighted by atomic mass is 9.81. The minimum atomic E-state index is -0.201. The van der Waals surface area contributed by atoms with Gasteiger partial charge < -0.3 is 9.64 Å². The molecule has 5 heteroatoms. The van der Waals surface area contributed by atoms with Crippen molar-refractivity contribution in [3.8, 4) is 11.1 Å². The van der Waals surface area contributed by atoms with E-state index in [0.717, 1.165) is 72.4 Å². The third-order valence-electron chi connectivity index (χ3n) is 7.22. The zero-order valence-corrected chi connectivity index (χ0v) is 19.2. The maximum absolute atomic E-state index is 12.6. The number of hydrogen-bond acceptors (Lipinski definition) is 3. The van der Waals surface area contributed by atoms with Gasteiger partial charge in [0.2, 0.25) is 0 Å². The molecule has 4 nitrogen and oxygen atoms in total. The molecule has 166 valence electrons. The number of para-hydroxylation sites is 1. The Balaban J connectivity index is 1.25. The van der Waals surface area contributed by atoms with Gasteiger partial charge in [0.15, 0.2) is 0 Å². The van der Waals surface area contributed by atoms with Crippen LogP contribution in [0.25, 0.3) is 22.0 Å². The fourth-order valence-electron chi connectivity index (χ4n) is 5.14. The summed E-state index contributed by atoms with van der Waals surface area (Å²) in [6.45, 7) is 4.70. The van der Waals surface area contributed by atoms with E-state index >= 15 is 0 Å². The molecule has 3 aromatic rings. The second-order valence-electron chi connectivity index (χ2n) is 9.08. The maximum Gasteiger partial charge on any atom is 0.251 e. The van der Waals surface area contributed by atoms with E-state index < -0.39 is 0 Å². The van der Waals surface area contributed by atoms with Crippen LogP contribution in [-0.2, 0) is 9.53 Å². The topological polar surface area (TPSA) is 42.4 Å². The van der Waals surface area contributed by atoms with Crippen LogP contribution in [0.2, 0.25) is 5.02 Å². The maximum atomic E-state index is 12.6. The first kappa shape index (κ1) is 21.4. The van der Waals surface area contributed by atoms with Crippen LogP contribution < -0.4 is 0 Å². The summed E-state index contributed by atoms with van der Waals surface area (Å²) in [6, 6.07) is 16.7. The lowest BCUT2D eigenvalue weighted by molar-refractivity contribution is -0.142. The van der Waals surface area contributed by atoms with Crippen molar-refractivity contribution in [2.75, 3.05) is 19.7 Å². The number of likely N-dealkylation sites (tertiary alicyclic amines) is 1. The van der Waals surface area contributed by atoms with Crippen molar-refractivity contribution in [3.05, 3.63) is 65.3 Å². The number of hydrogen-bond donors (Lipinski definition) is 0. The Kier molecular flexibility index (Phi) is 6.16. The van der Waals surface area contributed by atoms with Crippen molar-refractivity contribution in [3.63, 3.8) is 0 Å². The highest BCUT2D eigenvalue weighted by Crippen LogP contribution is 2.36. The van der Waals surface area contributed by atoms with E-state index in [0.29, 0.717) is 11.8 Å². The lowest BCUT2D eigenvalue weighted by Crippen LogP contribution is -2.44. The Morgan fingerprint density at radius 2 is 1.84 bits per heavy atom. The SMILES string of the molecule is CC(c1ccc(-c2cnc3ccccc3c2Cl)cc1)C1CCN(C(=O)C2CCCO2)CC1. The van der Waals surface area contributed by atoms with Gasteiger partial charge in [0.1, 0.15) is 6.10 Å². The predicted molar refractivity (Wildman–Crippen MR) is 129 cm³/mol. The zero-order chi connectivity index (χ0) is 22.1. The molecule has 2 aliphatic heterocycles. The van der Waals surface area contributed by atoms with E-state index in [-0.39, 0.29) is 12.0 Å². The molecule has 0 bridgehead atoms. The molecule has 2 saturated heterocycles. The highest BCUT2D eigenvalue weighted by Gasteiger charge is 2.32. The number of amides is 1. The van der Waals surface area contributed by atoms with Gasteiger partial charge in [-0.25, -0.2) is 0 Å². The molecule has 2 fully saturated rings. The van der Waals surface area contributed by atoms with Crippen LogP contribution in [0, 0.1) is 5.92 Å². The molecule has 0 aliphatic carbocycles. The first-order valence-corrected chi connectivity index (χ1v) is 12.0. The molecule has 0 saturated carbocycles. The second kappa shape index (κ2) is 9.21. The molecule has 0 spiro atoms. The van der Waals surface area contributed by atoms with E-state index in [2.05, 4.69) is 36.2 Å². The van der Waals surface area contributed by atoms with Gasteiger partial charge in [-0.1, -0.05) is 61.0 Å². The number of ether oxygens (including phenoxy) is 1. The lowest BCUT2D eigenvalue weighted by Gasteiger charge is -2.36. The summed E-state index contributed by atoms with van der Waals surface area (Å²) in [5, 5.41) is 1.73. The average Bonchev–Trinajstić information content (AvgIpc) is 3.39. The standard InChI is InChI=1S/C27H29ClN2O2/c1-18(20-12-14-30(15-13-20)27(31)25-7-4-16-32-25)19-8-10-21(11-9-19)23-17-29-24-6-3-2-5-22(24)26(23)28/h2-3,5-6,8-11,17-18,20,25H,4,7,12-16H2,1H3. The van der Waals surface area contributed by atoms with Crippen molar-refractivity contribution in [2.45, 2.75) is 44.6 Å². The number of rotatable bonds is 4. The van der Waals surface area contributed by atoms with E-state index in [1.807, 2.05) is 35.4 Å². The number of aromatic nitrogens is 1. The van der Waals surface area contributed by atoms with E-state index in [1.54, 1.807) is 0 Å². The number of halogens is 1. The van der Waals surface area contributed by atoms with Crippen molar-refractivity contribution < 1.29 is 9.53 Å². The van der Waals surface area contributed by atoms with Gasteiger partial charge >= 0.3 is 0 Å². The molecular weight excluding hydrogens is 420 g/mol. The Morgan fingerprint density at radius 1 is 1.09 bits per heavy atom. The summed E-state index contributed by atoms with van der Waals surface area (Å²) in [4.78, 5) is 19.2. The zero-order valence-electron chi connectivity index (χ0n) is 18.5. The molecule has 2 aromatic carbocycles. The molecule has 0 N–H and O–H groups in total. The van der Waals surface area contributed by atoms with Crippen LogP contribution in [0.4, 0.5) is 0 Å². The number of carbonyl (C=O) groups excluding carboxylic acids is 1. The van der Waals surface area contributed by atoms with Crippen molar-refractivity contribution >= 4 is 28.4 Å². The Hall–Kier alpha value is -2.43. The van der Waals surface area contributed by atoms with Gasteiger partial charge in [-0.2, -0.15) is 0 Å². The number of piperidine rings is 1.